The molecule has 0 bridgehead atoms. The van der Waals surface area contributed by atoms with Crippen LogP contribution in [0.15, 0.2) is 71.5 Å². The minimum absolute atomic E-state index is 0.785. The van der Waals surface area contributed by atoms with Gasteiger partial charge in [-0.25, -0.2) is 0 Å². The molecule has 0 spiro atoms. The van der Waals surface area contributed by atoms with Gasteiger partial charge in [-0.05, 0) is 54.5 Å². The summed E-state index contributed by atoms with van der Waals surface area (Å²) in [7, 11) is 0. The number of fused-ring (bicyclic) bond motifs is 1. The van der Waals surface area contributed by atoms with E-state index in [1.807, 2.05) is 30.5 Å². The SMILES string of the molecule is Clc1ccc(CCCCc2cc(-c3ccc4cnccc4c3)no2)cc1. The zero-order valence-electron chi connectivity index (χ0n) is 14.4. The number of rotatable bonds is 6. The maximum Gasteiger partial charge on any atom is 0.137 e. The van der Waals surface area contributed by atoms with E-state index in [1.54, 1.807) is 6.20 Å². The molecule has 0 saturated carbocycles. The van der Waals surface area contributed by atoms with Gasteiger partial charge < -0.3 is 4.52 Å². The monoisotopic (exact) mass is 362 g/mol. The van der Waals surface area contributed by atoms with Crippen molar-refractivity contribution >= 4 is 22.4 Å². The van der Waals surface area contributed by atoms with Crippen LogP contribution in [0.3, 0.4) is 0 Å². The summed E-state index contributed by atoms with van der Waals surface area (Å²) in [6.45, 7) is 0. The van der Waals surface area contributed by atoms with Crippen molar-refractivity contribution in [2.45, 2.75) is 25.7 Å². The largest absolute Gasteiger partial charge is 0.361 e. The van der Waals surface area contributed by atoms with E-state index in [2.05, 4.69) is 40.5 Å². The van der Waals surface area contributed by atoms with Crippen molar-refractivity contribution in [3.05, 3.63) is 83.3 Å². The highest BCUT2D eigenvalue weighted by molar-refractivity contribution is 6.30. The molecule has 0 atom stereocenters. The third-order valence-corrected chi connectivity index (χ3v) is 4.80. The predicted octanol–water partition coefficient (Wildman–Crippen LogP) is 6.11. The van der Waals surface area contributed by atoms with Gasteiger partial charge in [-0.2, -0.15) is 0 Å². The highest BCUT2D eigenvalue weighted by atomic mass is 35.5. The van der Waals surface area contributed by atoms with Gasteiger partial charge in [-0.15, -0.1) is 0 Å². The summed E-state index contributed by atoms with van der Waals surface area (Å²) in [5.41, 5.74) is 3.27. The van der Waals surface area contributed by atoms with E-state index in [-0.39, 0.29) is 0 Å². The van der Waals surface area contributed by atoms with Crippen LogP contribution in [0.4, 0.5) is 0 Å². The summed E-state index contributed by atoms with van der Waals surface area (Å²) in [5, 5.41) is 7.30. The smallest absolute Gasteiger partial charge is 0.137 e. The first-order chi connectivity index (χ1) is 12.8. The van der Waals surface area contributed by atoms with Crippen molar-refractivity contribution in [3.63, 3.8) is 0 Å². The third-order valence-electron chi connectivity index (χ3n) is 4.55. The van der Waals surface area contributed by atoms with Gasteiger partial charge in [0.05, 0.1) is 0 Å². The molecule has 4 aromatic rings. The van der Waals surface area contributed by atoms with Crippen LogP contribution in [-0.4, -0.2) is 10.1 Å². The zero-order chi connectivity index (χ0) is 17.8. The van der Waals surface area contributed by atoms with Crippen molar-refractivity contribution < 1.29 is 4.52 Å². The fourth-order valence-electron chi connectivity index (χ4n) is 3.09. The predicted molar refractivity (Wildman–Crippen MR) is 105 cm³/mol. The summed E-state index contributed by atoms with van der Waals surface area (Å²) >= 11 is 5.92. The van der Waals surface area contributed by atoms with Crippen LogP contribution < -0.4 is 0 Å². The van der Waals surface area contributed by atoms with Crippen molar-refractivity contribution in [1.82, 2.24) is 10.1 Å². The lowest BCUT2D eigenvalue weighted by Crippen LogP contribution is -1.88. The topological polar surface area (TPSA) is 38.9 Å². The minimum Gasteiger partial charge on any atom is -0.361 e. The Morgan fingerprint density at radius 3 is 2.58 bits per heavy atom. The average molecular weight is 363 g/mol. The second kappa shape index (κ2) is 7.71. The van der Waals surface area contributed by atoms with Crippen LogP contribution in [0.25, 0.3) is 22.0 Å². The highest BCUT2D eigenvalue weighted by Crippen LogP contribution is 2.24. The lowest BCUT2D eigenvalue weighted by atomic mass is 10.0. The van der Waals surface area contributed by atoms with E-state index in [1.165, 1.54) is 5.56 Å². The van der Waals surface area contributed by atoms with Gasteiger partial charge in [0.1, 0.15) is 11.5 Å². The molecule has 0 aliphatic heterocycles. The van der Waals surface area contributed by atoms with E-state index < -0.39 is 0 Å². The van der Waals surface area contributed by atoms with Crippen molar-refractivity contribution in [2.24, 2.45) is 0 Å². The molecular weight excluding hydrogens is 344 g/mol. The number of benzene rings is 2. The molecule has 4 heteroatoms. The number of halogens is 1. The molecule has 0 unspecified atom stereocenters. The van der Waals surface area contributed by atoms with Crippen LogP contribution in [0.5, 0.6) is 0 Å². The Bertz CT molecular complexity index is 1010. The second-order valence-electron chi connectivity index (χ2n) is 6.45. The molecule has 0 radical (unpaired) electrons. The fraction of sp³-hybridized carbons (Fsp3) is 0.182. The maximum absolute atomic E-state index is 5.92. The summed E-state index contributed by atoms with van der Waals surface area (Å²) < 4.78 is 5.52. The number of hydrogen-bond donors (Lipinski definition) is 0. The summed E-state index contributed by atoms with van der Waals surface area (Å²) in [6, 6.07) is 18.4. The Labute approximate surface area is 157 Å². The standard InChI is InChI=1S/C22H19ClN2O/c23-20-9-5-16(6-10-20)3-1-2-4-21-14-22(25-26-21)18-7-8-19-15-24-12-11-17(19)13-18/h5-15H,1-4H2. The highest BCUT2D eigenvalue weighted by Gasteiger charge is 2.07. The number of aromatic nitrogens is 2. The first-order valence-corrected chi connectivity index (χ1v) is 9.20. The number of hydrogen-bond acceptors (Lipinski definition) is 3. The molecule has 0 amide bonds. The number of nitrogens with zero attached hydrogens (tertiary/aromatic N) is 2. The lowest BCUT2D eigenvalue weighted by Gasteiger charge is -2.00. The quantitative estimate of drug-likeness (QED) is 0.388. The zero-order valence-corrected chi connectivity index (χ0v) is 15.1. The van der Waals surface area contributed by atoms with Crippen molar-refractivity contribution in [1.29, 1.82) is 0 Å². The molecule has 0 fully saturated rings. The van der Waals surface area contributed by atoms with Gasteiger partial charge in [0.15, 0.2) is 0 Å². The first kappa shape index (κ1) is 16.8. The summed E-state index contributed by atoms with van der Waals surface area (Å²) in [5.74, 6) is 0.936. The molecule has 4 rings (SSSR count). The summed E-state index contributed by atoms with van der Waals surface area (Å²) in [4.78, 5) is 4.15. The molecule has 0 aliphatic carbocycles. The van der Waals surface area contributed by atoms with Crippen molar-refractivity contribution in [3.8, 4) is 11.3 Å². The molecule has 2 aromatic heterocycles. The number of aryl methyl sites for hydroxylation is 2. The van der Waals surface area contributed by atoms with Gasteiger partial charge in [-0.3, -0.25) is 4.98 Å². The van der Waals surface area contributed by atoms with Crippen LogP contribution in [0.2, 0.25) is 5.02 Å². The van der Waals surface area contributed by atoms with Gasteiger partial charge in [0.25, 0.3) is 0 Å². The number of unbranched alkanes of at least 4 members (excludes halogenated alkanes) is 1. The molecule has 2 heterocycles. The van der Waals surface area contributed by atoms with E-state index in [4.69, 9.17) is 16.1 Å². The Balaban J connectivity index is 1.35. The first-order valence-electron chi connectivity index (χ1n) is 8.82. The Morgan fingerprint density at radius 1 is 0.846 bits per heavy atom. The Hall–Kier alpha value is -2.65. The summed E-state index contributed by atoms with van der Waals surface area (Å²) in [6.07, 6.45) is 7.81. The van der Waals surface area contributed by atoms with Crippen LogP contribution >= 0.6 is 11.6 Å². The van der Waals surface area contributed by atoms with Gasteiger partial charge >= 0.3 is 0 Å². The lowest BCUT2D eigenvalue weighted by molar-refractivity contribution is 0.381. The molecular formula is C22H19ClN2O. The molecule has 0 aliphatic rings. The van der Waals surface area contributed by atoms with E-state index in [0.29, 0.717) is 0 Å². The van der Waals surface area contributed by atoms with Gasteiger partial charge in [-0.1, -0.05) is 41.0 Å². The van der Waals surface area contributed by atoms with Crippen LogP contribution in [0, 0.1) is 0 Å². The number of pyridine rings is 1. The second-order valence-corrected chi connectivity index (χ2v) is 6.89. The Kier molecular flexibility index (Phi) is 4.98. The fourth-order valence-corrected chi connectivity index (χ4v) is 3.21. The molecule has 3 nitrogen and oxygen atoms in total. The molecule has 2 aromatic carbocycles. The van der Waals surface area contributed by atoms with Gasteiger partial charge in [0, 0.05) is 40.9 Å². The molecule has 0 N–H and O–H groups in total. The molecule has 0 saturated heterocycles. The molecule has 130 valence electrons. The normalized spacial score (nSPS) is 11.1. The van der Waals surface area contributed by atoms with Crippen LogP contribution in [0.1, 0.15) is 24.2 Å². The molecule has 26 heavy (non-hydrogen) atoms. The van der Waals surface area contributed by atoms with Crippen molar-refractivity contribution in [2.75, 3.05) is 0 Å². The third kappa shape index (κ3) is 3.94. The van der Waals surface area contributed by atoms with E-state index in [9.17, 15) is 0 Å². The minimum atomic E-state index is 0.785. The Morgan fingerprint density at radius 2 is 1.69 bits per heavy atom. The van der Waals surface area contributed by atoms with E-state index in [0.717, 1.165) is 58.5 Å². The average Bonchev–Trinajstić information content (AvgIpc) is 3.15. The van der Waals surface area contributed by atoms with Gasteiger partial charge in [0.2, 0.25) is 0 Å². The van der Waals surface area contributed by atoms with E-state index >= 15 is 0 Å². The maximum atomic E-state index is 5.92. The van der Waals surface area contributed by atoms with Crippen LogP contribution in [-0.2, 0) is 12.8 Å².